The Morgan fingerprint density at radius 3 is 2.52 bits per heavy atom. The Hall–Kier alpha value is -2.44. The molecule has 1 amide bonds. The third-order valence-electron chi connectivity index (χ3n) is 3.66. The van der Waals surface area contributed by atoms with Crippen LogP contribution in [0, 0.1) is 0 Å². The Kier molecular flexibility index (Phi) is 3.55. The van der Waals surface area contributed by atoms with Gasteiger partial charge in [0.25, 0.3) is 0 Å². The lowest BCUT2D eigenvalue weighted by Gasteiger charge is -2.36. The van der Waals surface area contributed by atoms with Crippen LogP contribution in [-0.2, 0) is 9.59 Å². The van der Waals surface area contributed by atoms with Gasteiger partial charge in [0.1, 0.15) is 6.42 Å². The number of anilines is 1. The highest BCUT2D eigenvalue weighted by atomic mass is 16.7. The zero-order valence-electron chi connectivity index (χ0n) is 11.4. The fourth-order valence-electron chi connectivity index (χ4n) is 2.54. The number of piperazine rings is 1. The maximum Gasteiger partial charge on any atom is 0.312 e. The van der Waals surface area contributed by atoms with Crippen molar-refractivity contribution in [3.05, 3.63) is 18.2 Å². The van der Waals surface area contributed by atoms with E-state index in [0.29, 0.717) is 26.2 Å². The molecule has 0 spiro atoms. The summed E-state index contributed by atoms with van der Waals surface area (Å²) in [5.41, 5.74) is 1.02. The second-order valence-corrected chi connectivity index (χ2v) is 4.98. The number of carbonyl (C=O) groups is 2. The van der Waals surface area contributed by atoms with Crippen LogP contribution >= 0.6 is 0 Å². The molecule has 2 aliphatic heterocycles. The number of carbonyl (C=O) groups excluding carboxylic acids is 1. The lowest BCUT2D eigenvalue weighted by molar-refractivity contribution is -0.144. The van der Waals surface area contributed by atoms with Gasteiger partial charge in [0.05, 0.1) is 0 Å². The number of aliphatic carboxylic acids is 1. The van der Waals surface area contributed by atoms with Crippen molar-refractivity contribution in [3.8, 4) is 11.5 Å². The first kappa shape index (κ1) is 13.5. The first-order chi connectivity index (χ1) is 10.1. The van der Waals surface area contributed by atoms with Gasteiger partial charge in [0, 0.05) is 37.9 Å². The number of hydrogen-bond donors (Lipinski definition) is 1. The van der Waals surface area contributed by atoms with Gasteiger partial charge in [-0.25, -0.2) is 0 Å². The maximum atomic E-state index is 11.7. The normalized spacial score (nSPS) is 17.0. The topological polar surface area (TPSA) is 79.3 Å². The van der Waals surface area contributed by atoms with Crippen LogP contribution in [-0.4, -0.2) is 54.9 Å². The fourth-order valence-corrected chi connectivity index (χ4v) is 2.54. The SMILES string of the molecule is O=C(O)CC(=O)N1CCN(c2ccc3c(c2)OCO3)CC1. The van der Waals surface area contributed by atoms with E-state index in [1.165, 1.54) is 0 Å². The lowest BCUT2D eigenvalue weighted by atomic mass is 10.2. The van der Waals surface area contributed by atoms with Crippen LogP contribution in [0.5, 0.6) is 11.5 Å². The van der Waals surface area contributed by atoms with Crippen molar-refractivity contribution in [3.63, 3.8) is 0 Å². The number of rotatable bonds is 3. The van der Waals surface area contributed by atoms with E-state index in [1.54, 1.807) is 4.90 Å². The molecule has 2 aliphatic rings. The van der Waals surface area contributed by atoms with E-state index >= 15 is 0 Å². The number of ether oxygens (including phenoxy) is 2. The third-order valence-corrected chi connectivity index (χ3v) is 3.66. The quantitative estimate of drug-likeness (QED) is 0.819. The van der Waals surface area contributed by atoms with E-state index in [0.717, 1.165) is 17.2 Å². The van der Waals surface area contributed by atoms with Gasteiger partial charge in [-0.05, 0) is 12.1 Å². The predicted octanol–water partition coefficient (Wildman–Crippen LogP) is 0.539. The smallest absolute Gasteiger partial charge is 0.312 e. The molecule has 1 fully saturated rings. The largest absolute Gasteiger partial charge is 0.481 e. The number of carboxylic acids is 1. The van der Waals surface area contributed by atoms with Gasteiger partial charge in [0.15, 0.2) is 11.5 Å². The van der Waals surface area contributed by atoms with Gasteiger partial charge in [-0.2, -0.15) is 0 Å². The molecule has 1 aromatic rings. The molecule has 7 heteroatoms. The molecule has 1 N–H and O–H groups in total. The number of amides is 1. The summed E-state index contributed by atoms with van der Waals surface area (Å²) in [6.07, 6.45) is -0.440. The molecule has 2 heterocycles. The molecule has 0 unspecified atom stereocenters. The highest BCUT2D eigenvalue weighted by molar-refractivity contribution is 5.93. The Bertz CT molecular complexity index is 566. The maximum absolute atomic E-state index is 11.7. The Morgan fingerprint density at radius 1 is 1.10 bits per heavy atom. The first-order valence-electron chi connectivity index (χ1n) is 6.77. The lowest BCUT2D eigenvalue weighted by Crippen LogP contribution is -2.49. The van der Waals surface area contributed by atoms with E-state index in [4.69, 9.17) is 14.6 Å². The van der Waals surface area contributed by atoms with Gasteiger partial charge in [-0.1, -0.05) is 0 Å². The van der Waals surface area contributed by atoms with Crippen molar-refractivity contribution in [1.82, 2.24) is 4.90 Å². The molecule has 0 saturated carbocycles. The van der Waals surface area contributed by atoms with E-state index in [-0.39, 0.29) is 12.7 Å². The van der Waals surface area contributed by atoms with Gasteiger partial charge in [0.2, 0.25) is 12.7 Å². The minimum Gasteiger partial charge on any atom is -0.481 e. The molecule has 0 aliphatic carbocycles. The molecule has 0 aromatic heterocycles. The van der Waals surface area contributed by atoms with Gasteiger partial charge < -0.3 is 24.4 Å². The summed E-state index contributed by atoms with van der Waals surface area (Å²) in [5, 5.41) is 8.65. The summed E-state index contributed by atoms with van der Waals surface area (Å²) >= 11 is 0. The third kappa shape index (κ3) is 2.86. The van der Waals surface area contributed by atoms with Crippen LogP contribution in [0.4, 0.5) is 5.69 Å². The standard InChI is InChI=1S/C14H16N2O5/c17-13(8-14(18)19)16-5-3-15(4-6-16)10-1-2-11-12(7-10)21-9-20-11/h1-2,7H,3-6,8-9H2,(H,18,19). The van der Waals surface area contributed by atoms with Crippen molar-refractivity contribution in [1.29, 1.82) is 0 Å². The molecular weight excluding hydrogens is 276 g/mol. The van der Waals surface area contributed by atoms with Gasteiger partial charge >= 0.3 is 5.97 Å². The van der Waals surface area contributed by atoms with E-state index in [1.807, 2.05) is 18.2 Å². The number of hydrogen-bond acceptors (Lipinski definition) is 5. The second-order valence-electron chi connectivity index (χ2n) is 4.98. The van der Waals surface area contributed by atoms with Crippen LogP contribution in [0.3, 0.4) is 0 Å². The molecule has 21 heavy (non-hydrogen) atoms. The van der Waals surface area contributed by atoms with Gasteiger partial charge in [-0.15, -0.1) is 0 Å². The average molecular weight is 292 g/mol. The fraction of sp³-hybridized carbons (Fsp3) is 0.429. The molecule has 3 rings (SSSR count). The summed E-state index contributed by atoms with van der Waals surface area (Å²) in [5.74, 6) is 0.0666. The monoisotopic (exact) mass is 292 g/mol. The van der Waals surface area contributed by atoms with Crippen molar-refractivity contribution in [2.75, 3.05) is 37.9 Å². The van der Waals surface area contributed by atoms with Crippen LogP contribution in [0.2, 0.25) is 0 Å². The summed E-state index contributed by atoms with van der Waals surface area (Å²) in [4.78, 5) is 26.0. The zero-order valence-corrected chi connectivity index (χ0v) is 11.4. The number of fused-ring (bicyclic) bond motifs is 1. The number of nitrogens with zero attached hydrogens (tertiary/aromatic N) is 2. The minimum absolute atomic E-state index is 0.246. The average Bonchev–Trinajstić information content (AvgIpc) is 2.94. The molecule has 0 atom stereocenters. The van der Waals surface area contributed by atoms with Gasteiger partial charge in [-0.3, -0.25) is 9.59 Å². The number of benzene rings is 1. The molecule has 0 radical (unpaired) electrons. The molecule has 1 aromatic carbocycles. The zero-order chi connectivity index (χ0) is 14.8. The van der Waals surface area contributed by atoms with E-state index in [2.05, 4.69) is 4.90 Å². The molecule has 7 nitrogen and oxygen atoms in total. The summed E-state index contributed by atoms with van der Waals surface area (Å²) in [6.45, 7) is 2.65. The summed E-state index contributed by atoms with van der Waals surface area (Å²) < 4.78 is 10.6. The van der Waals surface area contributed by atoms with E-state index in [9.17, 15) is 9.59 Å². The Balaban J connectivity index is 1.61. The highest BCUT2D eigenvalue weighted by Crippen LogP contribution is 2.35. The summed E-state index contributed by atoms with van der Waals surface area (Å²) in [6, 6.07) is 5.76. The summed E-state index contributed by atoms with van der Waals surface area (Å²) in [7, 11) is 0. The molecule has 0 bridgehead atoms. The van der Waals surface area contributed by atoms with Crippen molar-refractivity contribution in [2.45, 2.75) is 6.42 Å². The molecule has 1 saturated heterocycles. The van der Waals surface area contributed by atoms with Crippen LogP contribution < -0.4 is 14.4 Å². The Labute approximate surface area is 121 Å². The first-order valence-corrected chi connectivity index (χ1v) is 6.77. The van der Waals surface area contributed by atoms with Crippen LogP contribution in [0.1, 0.15) is 6.42 Å². The minimum atomic E-state index is -1.08. The Morgan fingerprint density at radius 2 is 1.81 bits per heavy atom. The van der Waals surface area contributed by atoms with Crippen molar-refractivity contribution < 1.29 is 24.2 Å². The van der Waals surface area contributed by atoms with Crippen molar-refractivity contribution in [2.24, 2.45) is 0 Å². The predicted molar refractivity (Wildman–Crippen MR) is 73.6 cm³/mol. The van der Waals surface area contributed by atoms with Crippen molar-refractivity contribution >= 4 is 17.6 Å². The van der Waals surface area contributed by atoms with E-state index < -0.39 is 12.4 Å². The molecule has 112 valence electrons. The van der Waals surface area contributed by atoms with Crippen LogP contribution in [0.25, 0.3) is 0 Å². The van der Waals surface area contributed by atoms with Crippen LogP contribution in [0.15, 0.2) is 18.2 Å². The second kappa shape index (κ2) is 5.51. The highest BCUT2D eigenvalue weighted by Gasteiger charge is 2.24. The molecular formula is C14H16N2O5. The number of carboxylic acid groups (broad SMARTS) is 1.